The Labute approximate surface area is 116 Å². The number of hydrogen-bond donors (Lipinski definition) is 1. The van der Waals surface area contributed by atoms with Crippen LogP contribution in [-0.4, -0.2) is 17.0 Å². The van der Waals surface area contributed by atoms with Crippen LogP contribution in [0.25, 0.3) is 0 Å². The predicted molar refractivity (Wildman–Crippen MR) is 79.3 cm³/mol. The van der Waals surface area contributed by atoms with E-state index in [4.69, 9.17) is 0 Å². The maximum atomic E-state index is 10.7. The molecule has 0 rings (SSSR count). The van der Waals surface area contributed by atoms with E-state index >= 15 is 0 Å². The van der Waals surface area contributed by atoms with Crippen LogP contribution in [0.3, 0.4) is 0 Å². The van der Waals surface area contributed by atoms with Crippen LogP contribution in [0, 0.1) is 23.7 Å². The number of carbonyl (C=O) groups is 1. The second-order valence-electron chi connectivity index (χ2n) is 4.16. The van der Waals surface area contributed by atoms with E-state index in [2.05, 4.69) is 37.2 Å². The summed E-state index contributed by atoms with van der Waals surface area (Å²) in [6.07, 6.45) is 11.1. The fourth-order valence-corrected chi connectivity index (χ4v) is 1.39. The number of unbranched alkanes of at least 4 members (excludes halogenated alkanes) is 5. The molecule has 0 spiro atoms. The number of ketones is 1. The summed E-state index contributed by atoms with van der Waals surface area (Å²) in [5.74, 6) is 9.23. The van der Waals surface area contributed by atoms with Crippen molar-refractivity contribution in [3.05, 3.63) is 24.8 Å². The van der Waals surface area contributed by atoms with Crippen LogP contribution in [0.5, 0.6) is 0 Å². The molecule has 1 unspecified atom stereocenters. The van der Waals surface area contributed by atoms with E-state index in [1.165, 1.54) is 25.7 Å². The van der Waals surface area contributed by atoms with Crippen molar-refractivity contribution in [2.24, 2.45) is 0 Å². The predicted octanol–water partition coefficient (Wildman–Crippen LogP) is 3.03. The summed E-state index contributed by atoms with van der Waals surface area (Å²) in [7, 11) is 0. The van der Waals surface area contributed by atoms with E-state index in [0.29, 0.717) is 0 Å². The van der Waals surface area contributed by atoms with E-state index in [-0.39, 0.29) is 5.78 Å². The highest BCUT2D eigenvalue weighted by molar-refractivity contribution is 6.04. The molecule has 102 valence electrons. The molecule has 0 heterocycles. The van der Waals surface area contributed by atoms with Crippen LogP contribution in [0.15, 0.2) is 24.8 Å². The van der Waals surface area contributed by atoms with Crippen molar-refractivity contribution < 1.29 is 9.90 Å². The second kappa shape index (κ2) is 12.7. The van der Waals surface area contributed by atoms with Crippen LogP contribution in [0.4, 0.5) is 0 Å². The zero-order valence-electron chi connectivity index (χ0n) is 11.6. The minimum absolute atomic E-state index is 0.369. The van der Waals surface area contributed by atoms with Gasteiger partial charge in [0.2, 0.25) is 5.78 Å². The van der Waals surface area contributed by atoms with Gasteiger partial charge in [0.15, 0.2) is 0 Å². The highest BCUT2D eigenvalue weighted by Crippen LogP contribution is 2.05. The Morgan fingerprint density at radius 3 is 2.68 bits per heavy atom. The molecule has 0 radical (unpaired) electrons. The van der Waals surface area contributed by atoms with Crippen molar-refractivity contribution in [3.63, 3.8) is 0 Å². The Kier molecular flexibility index (Phi) is 11.5. The van der Waals surface area contributed by atoms with Crippen LogP contribution < -0.4 is 0 Å². The first kappa shape index (κ1) is 17.2. The minimum atomic E-state index is -0.816. The van der Waals surface area contributed by atoms with Gasteiger partial charge in [0, 0.05) is 0 Å². The van der Waals surface area contributed by atoms with E-state index < -0.39 is 6.10 Å². The summed E-state index contributed by atoms with van der Waals surface area (Å²) in [5.41, 5.74) is 0. The Hall–Kier alpha value is -1.77. The third-order valence-electron chi connectivity index (χ3n) is 2.45. The summed E-state index contributed by atoms with van der Waals surface area (Å²) in [5, 5.41) is 9.48. The summed E-state index contributed by atoms with van der Waals surface area (Å²) in [4.78, 5) is 10.7. The maximum Gasteiger partial charge on any atom is 0.229 e. The standard InChI is InChI=1S/C17H22O2/c1-3-5-6-7-8-9-10-14-17(19)15-12-11-13-16(18)4-2/h4,10,14,17,19H,2-3,5-9H2,1H3/b14-10-. The maximum absolute atomic E-state index is 10.7. The van der Waals surface area contributed by atoms with Crippen LogP contribution >= 0.6 is 0 Å². The Morgan fingerprint density at radius 1 is 1.26 bits per heavy atom. The molecule has 0 fully saturated rings. The highest BCUT2D eigenvalue weighted by atomic mass is 16.3. The average Bonchev–Trinajstić information content (AvgIpc) is 2.42. The summed E-state index contributed by atoms with van der Waals surface area (Å²) >= 11 is 0. The molecule has 2 heteroatoms. The number of aliphatic hydroxyl groups is 1. The lowest BCUT2D eigenvalue weighted by Crippen LogP contribution is -1.96. The number of hydrogen-bond acceptors (Lipinski definition) is 2. The van der Waals surface area contributed by atoms with Crippen LogP contribution in [-0.2, 0) is 4.79 Å². The normalized spacial score (nSPS) is 11.1. The molecule has 1 N–H and O–H groups in total. The van der Waals surface area contributed by atoms with Gasteiger partial charge in [-0.2, -0.15) is 0 Å². The molecule has 0 amide bonds. The molecule has 0 aromatic rings. The topological polar surface area (TPSA) is 37.3 Å². The fourth-order valence-electron chi connectivity index (χ4n) is 1.39. The monoisotopic (exact) mass is 258 g/mol. The molecule has 0 aliphatic carbocycles. The number of allylic oxidation sites excluding steroid dienone is 2. The summed E-state index contributed by atoms with van der Waals surface area (Å²) < 4.78 is 0. The van der Waals surface area contributed by atoms with Gasteiger partial charge in [-0.3, -0.25) is 4.79 Å². The largest absolute Gasteiger partial charge is 0.377 e. The van der Waals surface area contributed by atoms with Crippen molar-refractivity contribution in [1.82, 2.24) is 0 Å². The smallest absolute Gasteiger partial charge is 0.229 e. The molecule has 0 aliphatic heterocycles. The highest BCUT2D eigenvalue weighted by Gasteiger charge is 1.90. The van der Waals surface area contributed by atoms with Crippen molar-refractivity contribution in [2.75, 3.05) is 0 Å². The second-order valence-corrected chi connectivity index (χ2v) is 4.16. The van der Waals surface area contributed by atoms with Gasteiger partial charge in [0.05, 0.1) is 0 Å². The number of aliphatic hydroxyl groups excluding tert-OH is 1. The van der Waals surface area contributed by atoms with E-state index in [1.54, 1.807) is 6.08 Å². The molecule has 2 nitrogen and oxygen atoms in total. The Balaban J connectivity index is 3.81. The minimum Gasteiger partial charge on any atom is -0.377 e. The molecule has 0 bridgehead atoms. The summed E-state index contributed by atoms with van der Waals surface area (Å²) in [6.45, 7) is 5.49. The van der Waals surface area contributed by atoms with E-state index in [1.807, 2.05) is 6.08 Å². The Bertz CT molecular complexity index is 410. The molecule has 1 atom stereocenters. The average molecular weight is 258 g/mol. The molecule has 0 aliphatic rings. The molecule has 0 aromatic carbocycles. The first-order valence-electron chi connectivity index (χ1n) is 6.73. The van der Waals surface area contributed by atoms with Gasteiger partial charge in [-0.1, -0.05) is 51.2 Å². The first-order chi connectivity index (χ1) is 9.20. The van der Waals surface area contributed by atoms with Crippen LogP contribution in [0.2, 0.25) is 0 Å². The van der Waals surface area contributed by atoms with Crippen molar-refractivity contribution in [2.45, 2.75) is 51.6 Å². The van der Waals surface area contributed by atoms with Crippen molar-refractivity contribution in [1.29, 1.82) is 0 Å². The van der Waals surface area contributed by atoms with Gasteiger partial charge in [0.1, 0.15) is 6.10 Å². The van der Waals surface area contributed by atoms with Crippen LogP contribution in [0.1, 0.15) is 45.4 Å². The molecule has 0 saturated heterocycles. The molecule has 0 aromatic heterocycles. The molecular formula is C17H22O2. The van der Waals surface area contributed by atoms with E-state index in [9.17, 15) is 9.90 Å². The lowest BCUT2D eigenvalue weighted by molar-refractivity contribution is -0.109. The number of carbonyl (C=O) groups excluding carboxylic acids is 1. The Morgan fingerprint density at radius 2 is 2.00 bits per heavy atom. The van der Waals surface area contributed by atoms with Gasteiger partial charge in [0.25, 0.3) is 0 Å². The number of rotatable bonds is 8. The SMILES string of the molecule is C=CC(=O)C#CC#CC(O)/C=C\CCCCCCC. The van der Waals surface area contributed by atoms with E-state index in [0.717, 1.165) is 18.9 Å². The van der Waals surface area contributed by atoms with Gasteiger partial charge >= 0.3 is 0 Å². The third-order valence-corrected chi connectivity index (χ3v) is 2.45. The third kappa shape index (κ3) is 12.5. The zero-order chi connectivity index (χ0) is 14.3. The van der Waals surface area contributed by atoms with Gasteiger partial charge in [-0.05, 0) is 42.8 Å². The lowest BCUT2D eigenvalue weighted by Gasteiger charge is -1.96. The van der Waals surface area contributed by atoms with Gasteiger partial charge in [-0.15, -0.1) is 0 Å². The lowest BCUT2D eigenvalue weighted by atomic mass is 10.1. The van der Waals surface area contributed by atoms with Gasteiger partial charge in [-0.25, -0.2) is 0 Å². The van der Waals surface area contributed by atoms with Gasteiger partial charge < -0.3 is 5.11 Å². The van der Waals surface area contributed by atoms with Crippen molar-refractivity contribution >= 4 is 5.78 Å². The summed E-state index contributed by atoms with van der Waals surface area (Å²) in [6, 6.07) is 0. The first-order valence-corrected chi connectivity index (χ1v) is 6.73. The molecule has 0 saturated carbocycles. The fraction of sp³-hybridized carbons (Fsp3) is 0.471. The molecular weight excluding hydrogens is 236 g/mol. The zero-order valence-corrected chi connectivity index (χ0v) is 11.6. The van der Waals surface area contributed by atoms with Crippen molar-refractivity contribution in [3.8, 4) is 23.7 Å². The molecule has 19 heavy (non-hydrogen) atoms. The quantitative estimate of drug-likeness (QED) is 0.239.